The summed E-state index contributed by atoms with van der Waals surface area (Å²) in [4.78, 5) is 9.33. The third kappa shape index (κ3) is 3.60. The molecule has 1 aliphatic heterocycles. The van der Waals surface area contributed by atoms with E-state index in [1.165, 1.54) is 17.8 Å². The van der Waals surface area contributed by atoms with Crippen molar-refractivity contribution >= 4 is 5.69 Å². The van der Waals surface area contributed by atoms with Gasteiger partial charge in [-0.25, -0.2) is 4.39 Å². The van der Waals surface area contributed by atoms with Gasteiger partial charge in [0, 0.05) is 43.6 Å². The summed E-state index contributed by atoms with van der Waals surface area (Å²) in [6.07, 6.45) is 1.88. The number of piperazine rings is 1. The van der Waals surface area contributed by atoms with E-state index >= 15 is 0 Å². The quantitative estimate of drug-likeness (QED) is 0.704. The van der Waals surface area contributed by atoms with E-state index < -0.39 is 0 Å². The monoisotopic (exact) mass is 347 g/mol. The van der Waals surface area contributed by atoms with Crippen LogP contribution in [0.15, 0.2) is 66.9 Å². The third-order valence-electron chi connectivity index (χ3n) is 4.95. The standard InChI is InChI=1S/C22H22FN3/c1-25-11-13-26(14-12-25)21-9-10-24-22(16-21)19-4-2-3-18(15-19)17-5-7-20(23)8-6-17/h2-10,15-16H,11-14H2,1H3. The van der Waals surface area contributed by atoms with Gasteiger partial charge in [-0.05, 0) is 48.5 Å². The molecule has 1 saturated heterocycles. The van der Waals surface area contributed by atoms with E-state index in [1.807, 2.05) is 30.5 Å². The fourth-order valence-corrected chi connectivity index (χ4v) is 3.34. The maximum absolute atomic E-state index is 13.2. The molecular weight excluding hydrogens is 325 g/mol. The summed E-state index contributed by atoms with van der Waals surface area (Å²) >= 11 is 0. The van der Waals surface area contributed by atoms with Crippen LogP contribution in [0, 0.1) is 5.82 Å². The second kappa shape index (κ2) is 7.26. The van der Waals surface area contributed by atoms with Crippen LogP contribution in [0.1, 0.15) is 0 Å². The number of pyridine rings is 1. The summed E-state index contributed by atoms with van der Waals surface area (Å²) in [7, 11) is 2.16. The Hall–Kier alpha value is -2.72. The second-order valence-electron chi connectivity index (χ2n) is 6.78. The van der Waals surface area contributed by atoms with Crippen LogP contribution in [0.4, 0.5) is 10.1 Å². The largest absolute Gasteiger partial charge is 0.369 e. The minimum Gasteiger partial charge on any atom is -0.369 e. The summed E-state index contributed by atoms with van der Waals surface area (Å²) in [5.74, 6) is -0.216. The van der Waals surface area contributed by atoms with Crippen LogP contribution in [-0.2, 0) is 0 Å². The Kier molecular flexibility index (Phi) is 4.67. The fourth-order valence-electron chi connectivity index (χ4n) is 3.34. The Morgan fingerprint density at radius 2 is 1.54 bits per heavy atom. The van der Waals surface area contributed by atoms with Crippen molar-refractivity contribution in [3.05, 3.63) is 72.7 Å². The van der Waals surface area contributed by atoms with E-state index in [2.05, 4.69) is 46.1 Å². The molecule has 0 bridgehead atoms. The summed E-state index contributed by atoms with van der Waals surface area (Å²) in [6, 6.07) is 19.1. The Labute approximate surface area is 153 Å². The van der Waals surface area contributed by atoms with Gasteiger partial charge in [0.25, 0.3) is 0 Å². The summed E-state index contributed by atoms with van der Waals surface area (Å²) in [5, 5.41) is 0. The topological polar surface area (TPSA) is 19.4 Å². The van der Waals surface area contributed by atoms with Crippen molar-refractivity contribution < 1.29 is 4.39 Å². The zero-order valence-corrected chi connectivity index (χ0v) is 14.9. The van der Waals surface area contributed by atoms with Crippen molar-refractivity contribution in [2.45, 2.75) is 0 Å². The first-order valence-electron chi connectivity index (χ1n) is 8.95. The summed E-state index contributed by atoms with van der Waals surface area (Å²) < 4.78 is 13.2. The highest BCUT2D eigenvalue weighted by atomic mass is 19.1. The Morgan fingerprint density at radius 1 is 0.808 bits per heavy atom. The van der Waals surface area contributed by atoms with Gasteiger partial charge in [0.05, 0.1) is 5.69 Å². The number of anilines is 1. The van der Waals surface area contributed by atoms with Gasteiger partial charge < -0.3 is 9.80 Å². The summed E-state index contributed by atoms with van der Waals surface area (Å²) in [5.41, 5.74) is 5.32. The van der Waals surface area contributed by atoms with Gasteiger partial charge in [-0.1, -0.05) is 30.3 Å². The second-order valence-corrected chi connectivity index (χ2v) is 6.78. The highest BCUT2D eigenvalue weighted by molar-refractivity contribution is 5.72. The molecule has 26 heavy (non-hydrogen) atoms. The average molecular weight is 347 g/mol. The maximum Gasteiger partial charge on any atom is 0.123 e. The number of hydrogen-bond acceptors (Lipinski definition) is 3. The van der Waals surface area contributed by atoms with Crippen molar-refractivity contribution in [1.82, 2.24) is 9.88 Å². The maximum atomic E-state index is 13.2. The average Bonchev–Trinajstić information content (AvgIpc) is 2.69. The molecule has 2 heterocycles. The molecule has 4 heteroatoms. The van der Waals surface area contributed by atoms with Gasteiger partial charge in [0.15, 0.2) is 0 Å². The zero-order valence-electron chi connectivity index (χ0n) is 14.9. The SMILES string of the molecule is CN1CCN(c2ccnc(-c3cccc(-c4ccc(F)cc4)c3)c2)CC1. The molecule has 0 saturated carbocycles. The van der Waals surface area contributed by atoms with E-state index in [0.29, 0.717) is 0 Å². The van der Waals surface area contributed by atoms with E-state index in [4.69, 9.17) is 0 Å². The van der Waals surface area contributed by atoms with E-state index in [0.717, 1.165) is 48.6 Å². The van der Waals surface area contributed by atoms with Crippen LogP contribution in [-0.4, -0.2) is 43.1 Å². The molecule has 2 aromatic carbocycles. The van der Waals surface area contributed by atoms with Crippen LogP contribution >= 0.6 is 0 Å². The molecule has 0 aliphatic carbocycles. The van der Waals surface area contributed by atoms with Crippen molar-refractivity contribution in [2.24, 2.45) is 0 Å². The van der Waals surface area contributed by atoms with Gasteiger partial charge in [-0.2, -0.15) is 0 Å². The summed E-state index contributed by atoms with van der Waals surface area (Å²) in [6.45, 7) is 4.24. The molecule has 0 N–H and O–H groups in total. The van der Waals surface area contributed by atoms with Crippen molar-refractivity contribution in [3.8, 4) is 22.4 Å². The zero-order chi connectivity index (χ0) is 17.9. The molecule has 3 nitrogen and oxygen atoms in total. The predicted octanol–water partition coefficient (Wildman–Crippen LogP) is 4.31. The van der Waals surface area contributed by atoms with Crippen LogP contribution in [0.5, 0.6) is 0 Å². The molecule has 1 fully saturated rings. The molecule has 0 radical (unpaired) electrons. The molecule has 1 aromatic heterocycles. The number of benzene rings is 2. The molecule has 4 rings (SSSR count). The molecule has 0 spiro atoms. The molecule has 0 atom stereocenters. The molecular formula is C22H22FN3. The van der Waals surface area contributed by atoms with Gasteiger partial charge >= 0.3 is 0 Å². The number of hydrogen-bond donors (Lipinski definition) is 0. The molecule has 1 aliphatic rings. The Bertz CT molecular complexity index is 884. The number of nitrogens with zero attached hydrogens (tertiary/aromatic N) is 3. The predicted molar refractivity (Wildman–Crippen MR) is 105 cm³/mol. The lowest BCUT2D eigenvalue weighted by Gasteiger charge is -2.34. The molecule has 3 aromatic rings. The minimum atomic E-state index is -0.216. The van der Waals surface area contributed by atoms with Crippen LogP contribution in [0.25, 0.3) is 22.4 Å². The van der Waals surface area contributed by atoms with E-state index in [9.17, 15) is 4.39 Å². The first-order chi connectivity index (χ1) is 12.7. The van der Waals surface area contributed by atoms with Gasteiger partial charge in [-0.15, -0.1) is 0 Å². The van der Waals surface area contributed by atoms with Gasteiger partial charge in [0.2, 0.25) is 0 Å². The highest BCUT2D eigenvalue weighted by Crippen LogP contribution is 2.28. The highest BCUT2D eigenvalue weighted by Gasteiger charge is 2.15. The molecule has 0 amide bonds. The van der Waals surface area contributed by atoms with Crippen molar-refractivity contribution in [2.75, 3.05) is 38.1 Å². The molecule has 0 unspecified atom stereocenters. The minimum absolute atomic E-state index is 0.216. The number of rotatable bonds is 3. The Morgan fingerprint density at radius 3 is 2.31 bits per heavy atom. The van der Waals surface area contributed by atoms with Gasteiger partial charge in [0.1, 0.15) is 5.82 Å². The lowest BCUT2D eigenvalue weighted by molar-refractivity contribution is 0.313. The van der Waals surface area contributed by atoms with Crippen LogP contribution < -0.4 is 4.90 Å². The number of aromatic nitrogens is 1. The van der Waals surface area contributed by atoms with Crippen molar-refractivity contribution in [1.29, 1.82) is 0 Å². The van der Waals surface area contributed by atoms with Crippen LogP contribution in [0.3, 0.4) is 0 Å². The first kappa shape index (κ1) is 16.7. The van der Waals surface area contributed by atoms with Crippen molar-refractivity contribution in [3.63, 3.8) is 0 Å². The van der Waals surface area contributed by atoms with Crippen LogP contribution in [0.2, 0.25) is 0 Å². The third-order valence-corrected chi connectivity index (χ3v) is 4.95. The van der Waals surface area contributed by atoms with E-state index in [1.54, 1.807) is 0 Å². The molecule has 132 valence electrons. The number of likely N-dealkylation sites (N-methyl/N-ethyl adjacent to an activating group) is 1. The number of halogens is 1. The lowest BCUT2D eigenvalue weighted by Crippen LogP contribution is -2.44. The smallest absolute Gasteiger partial charge is 0.123 e. The Balaban J connectivity index is 1.62. The lowest BCUT2D eigenvalue weighted by atomic mass is 10.0. The van der Waals surface area contributed by atoms with E-state index in [-0.39, 0.29) is 5.82 Å². The van der Waals surface area contributed by atoms with Gasteiger partial charge in [-0.3, -0.25) is 4.98 Å². The first-order valence-corrected chi connectivity index (χ1v) is 8.95. The normalized spacial score (nSPS) is 15.2. The fraction of sp³-hybridized carbons (Fsp3) is 0.227.